The SMILES string of the molecule is C=C1OB(c2ccnn2C)OC1(C)C. The van der Waals surface area contributed by atoms with E-state index in [2.05, 4.69) is 11.7 Å². The Morgan fingerprint density at radius 1 is 1.57 bits per heavy atom. The third-order valence-corrected chi connectivity index (χ3v) is 2.42. The van der Waals surface area contributed by atoms with Gasteiger partial charge in [-0.2, -0.15) is 5.10 Å². The van der Waals surface area contributed by atoms with E-state index in [-0.39, 0.29) is 7.12 Å². The number of hydrogen-bond acceptors (Lipinski definition) is 3. The summed E-state index contributed by atoms with van der Waals surface area (Å²) in [6, 6.07) is 1.87. The van der Waals surface area contributed by atoms with Crippen LogP contribution in [0.2, 0.25) is 0 Å². The largest absolute Gasteiger partial charge is 0.582 e. The summed E-state index contributed by atoms with van der Waals surface area (Å²) < 4.78 is 13.0. The number of nitrogens with zero attached hydrogens (tertiary/aromatic N) is 2. The van der Waals surface area contributed by atoms with Crippen LogP contribution in [-0.4, -0.2) is 22.5 Å². The van der Waals surface area contributed by atoms with E-state index in [0.29, 0.717) is 5.76 Å². The van der Waals surface area contributed by atoms with Crippen LogP contribution in [0.3, 0.4) is 0 Å². The molecule has 1 aliphatic heterocycles. The predicted molar refractivity (Wildman–Crippen MR) is 54.0 cm³/mol. The molecule has 0 unspecified atom stereocenters. The second-order valence-corrected chi connectivity index (χ2v) is 3.88. The highest BCUT2D eigenvalue weighted by molar-refractivity contribution is 6.61. The molecular formula is C9H13BN2O2. The van der Waals surface area contributed by atoms with Gasteiger partial charge < -0.3 is 9.31 Å². The van der Waals surface area contributed by atoms with E-state index >= 15 is 0 Å². The summed E-state index contributed by atoms with van der Waals surface area (Å²) in [5, 5.41) is 4.06. The van der Waals surface area contributed by atoms with Crippen molar-refractivity contribution in [2.45, 2.75) is 19.4 Å². The summed E-state index contributed by atoms with van der Waals surface area (Å²) in [6.07, 6.45) is 1.72. The first kappa shape index (κ1) is 9.33. The summed E-state index contributed by atoms with van der Waals surface area (Å²) in [5.41, 5.74) is 0.478. The van der Waals surface area contributed by atoms with E-state index < -0.39 is 5.60 Å². The van der Waals surface area contributed by atoms with Gasteiger partial charge in [-0.3, -0.25) is 4.68 Å². The summed E-state index contributed by atoms with van der Waals surface area (Å²) in [7, 11) is 1.47. The van der Waals surface area contributed by atoms with Gasteiger partial charge >= 0.3 is 7.12 Å². The lowest BCUT2D eigenvalue weighted by Gasteiger charge is -2.15. The van der Waals surface area contributed by atoms with Crippen molar-refractivity contribution in [3.8, 4) is 0 Å². The van der Waals surface area contributed by atoms with Gasteiger partial charge in [-0.05, 0) is 19.9 Å². The number of hydrogen-bond donors (Lipinski definition) is 0. The Hall–Kier alpha value is -1.23. The van der Waals surface area contributed by atoms with Crippen LogP contribution in [0.15, 0.2) is 24.6 Å². The summed E-state index contributed by atoms with van der Waals surface area (Å²) >= 11 is 0. The van der Waals surface area contributed by atoms with Crippen molar-refractivity contribution < 1.29 is 9.31 Å². The van der Waals surface area contributed by atoms with E-state index in [1.54, 1.807) is 10.9 Å². The first-order valence-electron chi connectivity index (χ1n) is 4.52. The van der Waals surface area contributed by atoms with Crippen molar-refractivity contribution in [3.63, 3.8) is 0 Å². The fourth-order valence-electron chi connectivity index (χ4n) is 1.36. The lowest BCUT2D eigenvalue weighted by molar-refractivity contribution is 0.172. The molecule has 1 aliphatic rings. The molecule has 1 aromatic rings. The summed E-state index contributed by atoms with van der Waals surface area (Å²) in [4.78, 5) is 0. The lowest BCUT2D eigenvalue weighted by Crippen LogP contribution is -2.38. The van der Waals surface area contributed by atoms with Gasteiger partial charge in [0.15, 0.2) is 0 Å². The molecular weight excluding hydrogens is 179 g/mol. The Kier molecular flexibility index (Phi) is 1.92. The van der Waals surface area contributed by atoms with Crippen LogP contribution < -0.4 is 5.59 Å². The molecule has 0 saturated carbocycles. The molecule has 0 bridgehead atoms. The first-order valence-corrected chi connectivity index (χ1v) is 4.52. The van der Waals surface area contributed by atoms with Crippen molar-refractivity contribution >= 4 is 12.7 Å². The third kappa shape index (κ3) is 1.33. The molecule has 2 rings (SSSR count). The van der Waals surface area contributed by atoms with Crippen molar-refractivity contribution in [1.82, 2.24) is 9.78 Å². The first-order chi connectivity index (χ1) is 6.50. The van der Waals surface area contributed by atoms with E-state index in [1.165, 1.54) is 0 Å². The zero-order valence-corrected chi connectivity index (χ0v) is 8.65. The zero-order valence-electron chi connectivity index (χ0n) is 8.65. The molecule has 14 heavy (non-hydrogen) atoms. The Balaban J connectivity index is 2.25. The highest BCUT2D eigenvalue weighted by atomic mass is 16.7. The number of aryl methyl sites for hydroxylation is 1. The highest BCUT2D eigenvalue weighted by Gasteiger charge is 2.44. The van der Waals surface area contributed by atoms with Gasteiger partial charge in [-0.15, -0.1) is 0 Å². The van der Waals surface area contributed by atoms with E-state index in [1.807, 2.05) is 27.0 Å². The molecule has 0 spiro atoms. The van der Waals surface area contributed by atoms with Gasteiger partial charge in [0.2, 0.25) is 0 Å². The summed E-state index contributed by atoms with van der Waals surface area (Å²) in [6.45, 7) is 7.69. The molecule has 2 heterocycles. The molecule has 1 saturated heterocycles. The van der Waals surface area contributed by atoms with Crippen LogP contribution >= 0.6 is 0 Å². The summed E-state index contributed by atoms with van der Waals surface area (Å²) in [5.74, 6) is 0.656. The average Bonchev–Trinajstić information content (AvgIpc) is 2.58. The molecule has 0 aromatic carbocycles. The van der Waals surface area contributed by atoms with Crippen LogP contribution in [0.25, 0.3) is 0 Å². The molecule has 5 heteroatoms. The topological polar surface area (TPSA) is 36.3 Å². The van der Waals surface area contributed by atoms with Crippen LogP contribution in [0.5, 0.6) is 0 Å². The van der Waals surface area contributed by atoms with E-state index in [0.717, 1.165) is 5.59 Å². The number of aromatic nitrogens is 2. The average molecular weight is 192 g/mol. The monoisotopic (exact) mass is 192 g/mol. The Morgan fingerprint density at radius 2 is 2.29 bits per heavy atom. The van der Waals surface area contributed by atoms with Crippen LogP contribution in [-0.2, 0) is 16.4 Å². The standard InChI is InChI=1S/C9H13BN2O2/c1-7-9(2,3)14-10(13-7)8-5-6-11-12(8)4/h5-6H,1H2,2-4H3. The van der Waals surface area contributed by atoms with Gasteiger partial charge in [-0.1, -0.05) is 6.58 Å². The van der Waals surface area contributed by atoms with E-state index in [9.17, 15) is 0 Å². The predicted octanol–water partition coefficient (Wildman–Crippen LogP) is 0.454. The second-order valence-electron chi connectivity index (χ2n) is 3.88. The molecule has 0 aliphatic carbocycles. The third-order valence-electron chi connectivity index (χ3n) is 2.42. The fraction of sp³-hybridized carbons (Fsp3) is 0.444. The smallest absolute Gasteiger partial charge is 0.533 e. The Morgan fingerprint density at radius 3 is 2.71 bits per heavy atom. The second kappa shape index (κ2) is 2.88. The molecule has 4 nitrogen and oxygen atoms in total. The van der Waals surface area contributed by atoms with Gasteiger partial charge in [0.1, 0.15) is 5.60 Å². The van der Waals surface area contributed by atoms with Crippen LogP contribution in [0, 0.1) is 0 Å². The van der Waals surface area contributed by atoms with Gasteiger partial charge in [0.05, 0.1) is 11.4 Å². The Labute approximate surface area is 83.7 Å². The van der Waals surface area contributed by atoms with Gasteiger partial charge in [0.25, 0.3) is 0 Å². The van der Waals surface area contributed by atoms with Gasteiger partial charge in [0, 0.05) is 13.2 Å². The fourth-order valence-corrected chi connectivity index (χ4v) is 1.36. The maximum atomic E-state index is 5.70. The lowest BCUT2D eigenvalue weighted by atomic mass is 9.85. The van der Waals surface area contributed by atoms with Crippen molar-refractivity contribution in [1.29, 1.82) is 0 Å². The number of rotatable bonds is 1. The molecule has 0 N–H and O–H groups in total. The highest BCUT2D eigenvalue weighted by Crippen LogP contribution is 2.28. The van der Waals surface area contributed by atoms with Crippen molar-refractivity contribution in [2.75, 3.05) is 0 Å². The Bertz CT molecular complexity index is 373. The molecule has 0 amide bonds. The molecule has 1 fully saturated rings. The maximum absolute atomic E-state index is 5.70. The quantitative estimate of drug-likeness (QED) is 0.606. The van der Waals surface area contributed by atoms with Crippen molar-refractivity contribution in [3.05, 3.63) is 24.6 Å². The molecule has 0 radical (unpaired) electrons. The molecule has 74 valence electrons. The van der Waals surface area contributed by atoms with Crippen molar-refractivity contribution in [2.24, 2.45) is 7.05 Å². The van der Waals surface area contributed by atoms with E-state index in [4.69, 9.17) is 9.31 Å². The van der Waals surface area contributed by atoms with Crippen LogP contribution in [0.1, 0.15) is 13.8 Å². The minimum atomic E-state index is -0.422. The zero-order chi connectivity index (χ0) is 10.3. The normalized spacial score (nSPS) is 19.9. The minimum absolute atomic E-state index is 0.384. The molecule has 0 atom stereocenters. The van der Waals surface area contributed by atoms with Crippen LogP contribution in [0.4, 0.5) is 0 Å². The molecule has 1 aromatic heterocycles. The minimum Gasteiger partial charge on any atom is -0.533 e. The van der Waals surface area contributed by atoms with Gasteiger partial charge in [-0.25, -0.2) is 0 Å². The maximum Gasteiger partial charge on any atom is 0.582 e.